The van der Waals surface area contributed by atoms with Crippen LogP contribution in [0, 0.1) is 0 Å². The molecule has 1 N–H and O–H groups in total. The standard InChI is InChI=1S/C13H10BrClN4O/c1-16-11-7-19-5-4-17-12(19)13(18-11)20-10-3-2-8(15)6-9(10)14/h2-7,16H,1H3. The summed E-state index contributed by atoms with van der Waals surface area (Å²) in [4.78, 5) is 8.62. The topological polar surface area (TPSA) is 51.5 Å². The number of halogens is 2. The van der Waals surface area contributed by atoms with Gasteiger partial charge >= 0.3 is 0 Å². The number of anilines is 1. The molecular formula is C13H10BrClN4O. The minimum atomic E-state index is 0.421. The van der Waals surface area contributed by atoms with Crippen LogP contribution in [0.15, 0.2) is 41.3 Å². The van der Waals surface area contributed by atoms with Gasteiger partial charge < -0.3 is 10.1 Å². The first-order valence-corrected chi connectivity index (χ1v) is 6.99. The van der Waals surface area contributed by atoms with Crippen molar-refractivity contribution in [2.75, 3.05) is 12.4 Å². The van der Waals surface area contributed by atoms with Gasteiger partial charge in [0.25, 0.3) is 5.88 Å². The number of benzene rings is 1. The number of rotatable bonds is 3. The Labute approximate surface area is 128 Å². The summed E-state index contributed by atoms with van der Waals surface area (Å²) in [6, 6.07) is 5.30. The maximum absolute atomic E-state index is 5.92. The molecule has 20 heavy (non-hydrogen) atoms. The second-order valence-corrected chi connectivity index (χ2v) is 5.31. The number of hydrogen-bond donors (Lipinski definition) is 1. The lowest BCUT2D eigenvalue weighted by Crippen LogP contribution is -1.99. The Balaban J connectivity index is 2.07. The van der Waals surface area contributed by atoms with Crippen LogP contribution in [-0.4, -0.2) is 21.4 Å². The fourth-order valence-corrected chi connectivity index (χ4v) is 2.52. The molecule has 0 unspecified atom stereocenters. The van der Waals surface area contributed by atoms with Crippen molar-refractivity contribution in [1.29, 1.82) is 0 Å². The van der Waals surface area contributed by atoms with Crippen molar-refractivity contribution in [3.05, 3.63) is 46.3 Å². The number of nitrogens with zero attached hydrogens (tertiary/aromatic N) is 3. The predicted octanol–water partition coefficient (Wildman–Crippen LogP) is 3.98. The Kier molecular flexibility index (Phi) is 3.50. The molecule has 0 fully saturated rings. The number of imidazole rings is 1. The molecule has 5 nitrogen and oxygen atoms in total. The molecule has 0 saturated carbocycles. The molecule has 0 spiro atoms. The molecule has 3 aromatic rings. The smallest absolute Gasteiger partial charge is 0.265 e. The Bertz CT molecular complexity index is 774. The summed E-state index contributed by atoms with van der Waals surface area (Å²) in [5.41, 5.74) is 0.644. The molecule has 102 valence electrons. The molecule has 0 aliphatic carbocycles. The molecule has 0 radical (unpaired) electrons. The number of aromatic nitrogens is 3. The normalized spacial score (nSPS) is 10.8. The maximum Gasteiger partial charge on any atom is 0.265 e. The lowest BCUT2D eigenvalue weighted by atomic mass is 10.3. The second-order valence-electron chi connectivity index (χ2n) is 4.02. The van der Waals surface area contributed by atoms with Crippen LogP contribution >= 0.6 is 27.5 Å². The number of fused-ring (bicyclic) bond motifs is 1. The van der Waals surface area contributed by atoms with Crippen LogP contribution in [0.25, 0.3) is 5.65 Å². The zero-order valence-corrected chi connectivity index (χ0v) is 12.8. The number of ether oxygens (including phenoxy) is 1. The van der Waals surface area contributed by atoms with Crippen LogP contribution in [0.2, 0.25) is 5.02 Å². The Morgan fingerprint density at radius 2 is 2.25 bits per heavy atom. The summed E-state index contributed by atoms with van der Waals surface area (Å²) in [5.74, 6) is 1.74. The largest absolute Gasteiger partial charge is 0.435 e. The van der Waals surface area contributed by atoms with Crippen molar-refractivity contribution >= 4 is 39.0 Å². The van der Waals surface area contributed by atoms with E-state index in [1.807, 2.05) is 16.8 Å². The first kappa shape index (κ1) is 13.2. The monoisotopic (exact) mass is 352 g/mol. The van der Waals surface area contributed by atoms with Crippen LogP contribution in [0.5, 0.6) is 11.6 Å². The van der Waals surface area contributed by atoms with Gasteiger partial charge in [-0.3, -0.25) is 4.40 Å². The summed E-state index contributed by atoms with van der Waals surface area (Å²) in [5, 5.41) is 3.62. The van der Waals surface area contributed by atoms with Gasteiger partial charge in [-0.15, -0.1) is 0 Å². The molecule has 3 rings (SSSR count). The quantitative estimate of drug-likeness (QED) is 0.774. The highest BCUT2D eigenvalue weighted by molar-refractivity contribution is 9.10. The molecule has 0 aliphatic rings. The van der Waals surface area contributed by atoms with E-state index in [0.717, 1.165) is 4.47 Å². The minimum absolute atomic E-state index is 0.421. The van der Waals surface area contributed by atoms with Gasteiger partial charge in [-0.25, -0.2) is 4.98 Å². The fraction of sp³-hybridized carbons (Fsp3) is 0.0769. The molecule has 0 atom stereocenters. The van der Waals surface area contributed by atoms with Crippen molar-refractivity contribution in [1.82, 2.24) is 14.4 Å². The van der Waals surface area contributed by atoms with Gasteiger partial charge in [0, 0.05) is 24.5 Å². The van der Waals surface area contributed by atoms with Gasteiger partial charge in [0.1, 0.15) is 11.6 Å². The van der Waals surface area contributed by atoms with E-state index >= 15 is 0 Å². The lowest BCUT2D eigenvalue weighted by molar-refractivity contribution is 0.463. The van der Waals surface area contributed by atoms with E-state index in [-0.39, 0.29) is 0 Å². The maximum atomic E-state index is 5.92. The first-order valence-electron chi connectivity index (χ1n) is 5.82. The first-order chi connectivity index (χ1) is 9.67. The van der Waals surface area contributed by atoms with E-state index < -0.39 is 0 Å². The Morgan fingerprint density at radius 1 is 1.40 bits per heavy atom. The van der Waals surface area contributed by atoms with E-state index in [1.54, 1.807) is 31.4 Å². The average Bonchev–Trinajstić information content (AvgIpc) is 2.90. The van der Waals surface area contributed by atoms with E-state index in [2.05, 4.69) is 31.2 Å². The van der Waals surface area contributed by atoms with Gasteiger partial charge in [-0.05, 0) is 34.1 Å². The average molecular weight is 354 g/mol. The zero-order chi connectivity index (χ0) is 14.1. The van der Waals surface area contributed by atoms with E-state index in [4.69, 9.17) is 16.3 Å². The molecule has 7 heteroatoms. The highest BCUT2D eigenvalue weighted by Crippen LogP contribution is 2.32. The summed E-state index contributed by atoms with van der Waals surface area (Å²) in [6.45, 7) is 0. The van der Waals surface area contributed by atoms with Crippen LogP contribution in [-0.2, 0) is 0 Å². The summed E-state index contributed by atoms with van der Waals surface area (Å²) >= 11 is 9.33. The second kappa shape index (κ2) is 5.30. The van der Waals surface area contributed by atoms with Crippen molar-refractivity contribution in [3.63, 3.8) is 0 Å². The lowest BCUT2D eigenvalue weighted by Gasteiger charge is -2.10. The molecule has 0 aliphatic heterocycles. The van der Waals surface area contributed by atoms with Crippen LogP contribution in [0.3, 0.4) is 0 Å². The van der Waals surface area contributed by atoms with Gasteiger partial charge in [0.15, 0.2) is 0 Å². The van der Waals surface area contributed by atoms with Crippen molar-refractivity contribution in [2.45, 2.75) is 0 Å². The molecule has 0 bridgehead atoms. The Hall–Kier alpha value is -1.79. The minimum Gasteiger partial charge on any atom is -0.435 e. The van der Waals surface area contributed by atoms with E-state index in [0.29, 0.717) is 28.1 Å². The third-order valence-electron chi connectivity index (χ3n) is 2.70. The molecule has 1 aromatic carbocycles. The highest BCUT2D eigenvalue weighted by Gasteiger charge is 2.11. The fourth-order valence-electron chi connectivity index (χ4n) is 1.75. The van der Waals surface area contributed by atoms with Gasteiger partial charge in [-0.2, -0.15) is 4.98 Å². The molecule has 2 aromatic heterocycles. The van der Waals surface area contributed by atoms with Gasteiger partial charge in [-0.1, -0.05) is 11.6 Å². The Morgan fingerprint density at radius 3 is 3.00 bits per heavy atom. The number of nitrogens with one attached hydrogen (secondary N) is 1. The van der Waals surface area contributed by atoms with Crippen molar-refractivity contribution < 1.29 is 4.74 Å². The molecule has 0 saturated heterocycles. The third-order valence-corrected chi connectivity index (χ3v) is 3.55. The highest BCUT2D eigenvalue weighted by atomic mass is 79.9. The summed E-state index contributed by atoms with van der Waals surface area (Å²) < 4.78 is 8.44. The summed E-state index contributed by atoms with van der Waals surface area (Å²) in [7, 11) is 1.80. The zero-order valence-electron chi connectivity index (χ0n) is 10.5. The van der Waals surface area contributed by atoms with Crippen LogP contribution in [0.1, 0.15) is 0 Å². The van der Waals surface area contributed by atoms with Crippen molar-refractivity contribution in [2.24, 2.45) is 0 Å². The SMILES string of the molecule is CNc1cn2ccnc2c(Oc2ccc(Cl)cc2Br)n1. The van der Waals surface area contributed by atoms with Gasteiger partial charge in [0.2, 0.25) is 5.65 Å². The van der Waals surface area contributed by atoms with Crippen molar-refractivity contribution in [3.8, 4) is 11.6 Å². The third kappa shape index (κ3) is 2.44. The number of hydrogen-bond acceptors (Lipinski definition) is 4. The molecule has 2 heterocycles. The van der Waals surface area contributed by atoms with Crippen LogP contribution < -0.4 is 10.1 Å². The summed E-state index contributed by atoms with van der Waals surface area (Å²) in [6.07, 6.45) is 5.37. The predicted molar refractivity (Wildman–Crippen MR) is 81.8 cm³/mol. The van der Waals surface area contributed by atoms with Crippen LogP contribution in [0.4, 0.5) is 5.82 Å². The molecular weight excluding hydrogens is 344 g/mol. The van der Waals surface area contributed by atoms with E-state index in [9.17, 15) is 0 Å². The molecule has 0 amide bonds. The van der Waals surface area contributed by atoms with E-state index in [1.165, 1.54) is 0 Å². The van der Waals surface area contributed by atoms with Gasteiger partial charge in [0.05, 0.1) is 10.7 Å².